The number of benzene rings is 1. The van der Waals surface area contributed by atoms with Crippen molar-refractivity contribution >= 4 is 36.4 Å². The zero-order valence-electron chi connectivity index (χ0n) is 14.8. The zero-order chi connectivity index (χ0) is 18.0. The lowest BCUT2D eigenvalue weighted by atomic mass is 9.78. The van der Waals surface area contributed by atoms with Gasteiger partial charge in [0.05, 0.1) is 10.6 Å². The number of alkyl halides is 3. The Morgan fingerprint density at radius 3 is 2.19 bits per heavy atom. The molecule has 0 unspecified atom stereocenters. The van der Waals surface area contributed by atoms with E-state index in [2.05, 4.69) is 5.32 Å². The predicted molar refractivity (Wildman–Crippen MR) is 105 cm³/mol. The van der Waals surface area contributed by atoms with Crippen LogP contribution in [0.1, 0.15) is 49.3 Å². The van der Waals surface area contributed by atoms with Gasteiger partial charge in [-0.3, -0.25) is 4.90 Å². The smallest absolute Gasteiger partial charge is 0.314 e. The molecule has 1 heterocycles. The average Bonchev–Trinajstić information content (AvgIpc) is 2.60. The fraction of sp³-hybridized carbons (Fsp3) is 0.667. The summed E-state index contributed by atoms with van der Waals surface area (Å²) in [5, 5.41) is 2.97. The van der Waals surface area contributed by atoms with Crippen molar-refractivity contribution in [3.8, 4) is 0 Å². The van der Waals surface area contributed by atoms with Crippen LogP contribution >= 0.6 is 36.4 Å². The Hall–Kier alpha value is -0.270. The minimum atomic E-state index is -4.60. The topological polar surface area (TPSA) is 15.3 Å². The molecule has 0 radical (unpaired) electrons. The molecule has 1 saturated carbocycles. The van der Waals surface area contributed by atoms with Crippen molar-refractivity contribution in [2.75, 3.05) is 26.2 Å². The Kier molecular flexibility index (Phi) is 9.62. The lowest BCUT2D eigenvalue weighted by Crippen LogP contribution is -2.47. The molecule has 1 N–H and O–H groups in total. The fourth-order valence-electron chi connectivity index (χ4n) is 4.23. The summed E-state index contributed by atoms with van der Waals surface area (Å²) in [6.07, 6.45) is 0.125. The molecule has 1 aromatic rings. The number of nitrogens with zero attached hydrogens (tertiary/aromatic N) is 1. The highest BCUT2D eigenvalue weighted by atomic mass is 35.5. The minimum absolute atomic E-state index is 0. The van der Waals surface area contributed by atoms with Crippen molar-refractivity contribution in [1.29, 1.82) is 0 Å². The summed E-state index contributed by atoms with van der Waals surface area (Å²) in [5.74, 6) is -0.883. The molecule has 2 nitrogen and oxygen atoms in total. The molecule has 0 bridgehead atoms. The maximum atomic E-state index is 14.9. The van der Waals surface area contributed by atoms with Gasteiger partial charge in [0.1, 0.15) is 5.82 Å². The first-order valence-corrected chi connectivity index (χ1v) is 9.27. The molecule has 0 spiro atoms. The van der Waals surface area contributed by atoms with Gasteiger partial charge in [0.2, 0.25) is 0 Å². The number of rotatable bonds is 3. The van der Waals surface area contributed by atoms with Crippen LogP contribution in [0.3, 0.4) is 0 Å². The second-order valence-electron chi connectivity index (χ2n) is 6.95. The van der Waals surface area contributed by atoms with Crippen molar-refractivity contribution < 1.29 is 17.6 Å². The van der Waals surface area contributed by atoms with Gasteiger partial charge in [0, 0.05) is 37.8 Å². The maximum Gasteiger partial charge on any atom is 0.416 e. The molecule has 27 heavy (non-hydrogen) atoms. The van der Waals surface area contributed by atoms with Gasteiger partial charge in [-0.25, -0.2) is 4.39 Å². The average molecular weight is 452 g/mol. The third-order valence-electron chi connectivity index (χ3n) is 5.38. The summed E-state index contributed by atoms with van der Waals surface area (Å²) >= 11 is 5.88. The summed E-state index contributed by atoms with van der Waals surface area (Å²) in [6, 6.07) is 1.37. The molecule has 1 saturated heterocycles. The molecular formula is C18H25Cl3F4N2. The lowest BCUT2D eigenvalue weighted by Gasteiger charge is -2.42. The van der Waals surface area contributed by atoms with E-state index in [4.69, 9.17) is 11.6 Å². The molecule has 1 atom stereocenters. The van der Waals surface area contributed by atoms with Crippen LogP contribution in [-0.2, 0) is 6.18 Å². The van der Waals surface area contributed by atoms with Crippen LogP contribution in [0.5, 0.6) is 0 Å². The number of hydrogen-bond acceptors (Lipinski definition) is 2. The first-order chi connectivity index (χ1) is 11.9. The molecule has 0 amide bonds. The van der Waals surface area contributed by atoms with Crippen molar-refractivity contribution in [3.63, 3.8) is 0 Å². The predicted octanol–water partition coefficient (Wildman–Crippen LogP) is 5.87. The van der Waals surface area contributed by atoms with E-state index in [1.807, 2.05) is 4.90 Å². The van der Waals surface area contributed by atoms with Crippen LogP contribution in [0.25, 0.3) is 0 Å². The van der Waals surface area contributed by atoms with Crippen LogP contribution in [0, 0.1) is 11.7 Å². The number of nitrogens with one attached hydrogen (secondary N) is 1. The van der Waals surface area contributed by atoms with Crippen LogP contribution in [0.2, 0.25) is 5.02 Å². The quantitative estimate of drug-likeness (QED) is 0.578. The largest absolute Gasteiger partial charge is 0.416 e. The summed E-state index contributed by atoms with van der Waals surface area (Å²) < 4.78 is 55.7. The van der Waals surface area contributed by atoms with Crippen molar-refractivity contribution in [1.82, 2.24) is 10.2 Å². The number of halogens is 7. The van der Waals surface area contributed by atoms with E-state index >= 15 is 0 Å². The summed E-state index contributed by atoms with van der Waals surface area (Å²) in [6.45, 7) is 2.63. The van der Waals surface area contributed by atoms with Gasteiger partial charge in [-0.2, -0.15) is 13.2 Å². The molecule has 9 heteroatoms. The van der Waals surface area contributed by atoms with E-state index in [1.165, 1.54) is 0 Å². The zero-order valence-corrected chi connectivity index (χ0v) is 17.2. The highest BCUT2D eigenvalue weighted by Crippen LogP contribution is 2.45. The van der Waals surface area contributed by atoms with Crippen LogP contribution in [0.15, 0.2) is 12.1 Å². The minimum Gasteiger partial charge on any atom is -0.314 e. The van der Waals surface area contributed by atoms with E-state index in [1.54, 1.807) is 0 Å². The Balaban J connectivity index is 0.00000182. The third kappa shape index (κ3) is 5.63. The molecule has 156 valence electrons. The Bertz CT molecular complexity index is 583. The molecule has 1 aliphatic carbocycles. The Morgan fingerprint density at radius 2 is 1.63 bits per heavy atom. The monoisotopic (exact) mass is 450 g/mol. The fourth-order valence-corrected chi connectivity index (χ4v) is 4.39. The van der Waals surface area contributed by atoms with Crippen molar-refractivity contribution in [2.24, 2.45) is 5.92 Å². The van der Waals surface area contributed by atoms with Gasteiger partial charge in [0.15, 0.2) is 0 Å². The summed E-state index contributed by atoms with van der Waals surface area (Å²) in [4.78, 5) is 2.01. The highest BCUT2D eigenvalue weighted by Gasteiger charge is 2.42. The van der Waals surface area contributed by atoms with Crippen LogP contribution in [-0.4, -0.2) is 31.1 Å². The van der Waals surface area contributed by atoms with Gasteiger partial charge in [-0.15, -0.1) is 24.8 Å². The molecule has 2 fully saturated rings. The highest BCUT2D eigenvalue weighted by molar-refractivity contribution is 6.30. The number of piperazine rings is 1. The van der Waals surface area contributed by atoms with Gasteiger partial charge in [-0.1, -0.05) is 30.9 Å². The molecular weight excluding hydrogens is 427 g/mol. The second-order valence-corrected chi connectivity index (χ2v) is 7.36. The van der Waals surface area contributed by atoms with Gasteiger partial charge < -0.3 is 5.32 Å². The van der Waals surface area contributed by atoms with Crippen LogP contribution in [0.4, 0.5) is 17.6 Å². The normalized spacial score (nSPS) is 20.5. The Morgan fingerprint density at radius 1 is 1.04 bits per heavy atom. The SMILES string of the molecule is Cl.Cl.Fc1c(Cl)ccc(C(F)(F)F)c1[C@@H](C1CCCCC1)N1CCNCC1. The van der Waals surface area contributed by atoms with Crippen molar-refractivity contribution in [3.05, 3.63) is 34.1 Å². The van der Waals surface area contributed by atoms with Gasteiger partial charge in [-0.05, 0) is 30.9 Å². The third-order valence-corrected chi connectivity index (χ3v) is 5.67. The first kappa shape index (κ1) is 24.8. The second kappa shape index (κ2) is 10.5. The standard InChI is InChI=1S/C18H23ClF4N2.2ClH/c19-14-7-6-13(18(21,22)23)15(16(14)20)17(12-4-2-1-3-5-12)25-10-8-24-9-11-25;;/h6-7,12,17,24H,1-5,8-11H2;2*1H/t17-;;/m1../s1. The molecule has 1 aromatic carbocycles. The van der Waals surface area contributed by atoms with E-state index in [0.29, 0.717) is 26.2 Å². The van der Waals surface area contributed by atoms with Crippen molar-refractivity contribution in [2.45, 2.75) is 44.3 Å². The first-order valence-electron chi connectivity index (χ1n) is 8.89. The van der Waals surface area contributed by atoms with Crippen LogP contribution < -0.4 is 5.32 Å². The van der Waals surface area contributed by atoms with E-state index in [0.717, 1.165) is 44.2 Å². The van der Waals surface area contributed by atoms with E-state index < -0.39 is 23.6 Å². The maximum absolute atomic E-state index is 14.9. The summed E-state index contributed by atoms with van der Waals surface area (Å²) in [7, 11) is 0. The van der Waals surface area contributed by atoms with E-state index in [9.17, 15) is 17.6 Å². The van der Waals surface area contributed by atoms with Gasteiger partial charge >= 0.3 is 6.18 Å². The molecule has 3 rings (SSSR count). The lowest BCUT2D eigenvalue weighted by molar-refractivity contribution is -0.139. The Labute approximate surface area is 174 Å². The summed E-state index contributed by atoms with van der Waals surface area (Å²) in [5.41, 5.74) is -1.14. The van der Waals surface area contributed by atoms with Gasteiger partial charge in [0.25, 0.3) is 0 Å². The molecule has 1 aliphatic heterocycles. The molecule has 2 aliphatic rings. The molecule has 0 aromatic heterocycles. The number of hydrogen-bond donors (Lipinski definition) is 1. The van der Waals surface area contributed by atoms with E-state index in [-0.39, 0.29) is 41.3 Å².